The average Bonchev–Trinajstić information content (AvgIpc) is 2.88. The van der Waals surface area contributed by atoms with Gasteiger partial charge in [0.1, 0.15) is 17.0 Å². The van der Waals surface area contributed by atoms with Crippen molar-refractivity contribution >= 4 is 5.91 Å². The van der Waals surface area contributed by atoms with Crippen LogP contribution in [-0.2, 0) is 17.4 Å². The molecular weight excluding hydrogens is 282 g/mol. The van der Waals surface area contributed by atoms with Gasteiger partial charge in [0, 0.05) is 37.2 Å². The van der Waals surface area contributed by atoms with Crippen LogP contribution in [0.1, 0.15) is 28.9 Å². The largest absolute Gasteiger partial charge is 0.480 e. The van der Waals surface area contributed by atoms with Crippen molar-refractivity contribution in [3.05, 3.63) is 35.8 Å². The average molecular weight is 299 g/mol. The molecule has 1 amide bonds. The molecule has 2 aromatic rings. The molecule has 0 unspecified atom stereocenters. The monoisotopic (exact) mass is 299 g/mol. The molecule has 4 heterocycles. The molecular formula is C16H17N3O3. The highest BCUT2D eigenvalue weighted by molar-refractivity contribution is 5.94. The summed E-state index contributed by atoms with van der Waals surface area (Å²) in [6.45, 7) is 1.27. The van der Waals surface area contributed by atoms with Gasteiger partial charge in [0.25, 0.3) is 5.91 Å². The molecule has 6 heteroatoms. The van der Waals surface area contributed by atoms with Gasteiger partial charge < -0.3 is 19.8 Å². The lowest BCUT2D eigenvalue weighted by atomic mass is 9.82. The predicted molar refractivity (Wildman–Crippen MR) is 79.5 cm³/mol. The van der Waals surface area contributed by atoms with Gasteiger partial charge in [-0.1, -0.05) is 0 Å². The molecule has 0 saturated carbocycles. The van der Waals surface area contributed by atoms with E-state index in [1.54, 1.807) is 12.4 Å². The zero-order chi connectivity index (χ0) is 15.3. The van der Waals surface area contributed by atoms with Crippen molar-refractivity contribution in [2.45, 2.75) is 18.4 Å². The fourth-order valence-electron chi connectivity index (χ4n) is 3.51. The smallest absolute Gasteiger partial charge is 0.265 e. The van der Waals surface area contributed by atoms with Crippen molar-refractivity contribution in [3.63, 3.8) is 0 Å². The van der Waals surface area contributed by atoms with Gasteiger partial charge >= 0.3 is 0 Å². The molecule has 1 saturated heterocycles. The third-order valence-corrected chi connectivity index (χ3v) is 4.62. The quantitative estimate of drug-likeness (QED) is 0.867. The molecule has 0 atom stereocenters. The van der Waals surface area contributed by atoms with E-state index in [1.807, 2.05) is 23.7 Å². The van der Waals surface area contributed by atoms with Gasteiger partial charge in [-0.05, 0) is 12.1 Å². The van der Waals surface area contributed by atoms with Crippen LogP contribution >= 0.6 is 0 Å². The first-order valence-corrected chi connectivity index (χ1v) is 7.33. The summed E-state index contributed by atoms with van der Waals surface area (Å²) in [7, 11) is 1.86. The Morgan fingerprint density at radius 1 is 1.41 bits per heavy atom. The molecule has 0 aliphatic carbocycles. The highest BCUT2D eigenvalue weighted by atomic mass is 16.5. The van der Waals surface area contributed by atoms with Crippen molar-refractivity contribution in [2.24, 2.45) is 12.8 Å². The van der Waals surface area contributed by atoms with Crippen LogP contribution in [0.15, 0.2) is 24.5 Å². The lowest BCUT2D eigenvalue weighted by molar-refractivity contribution is -0.0516. The minimum absolute atomic E-state index is 0.435. The summed E-state index contributed by atoms with van der Waals surface area (Å²) >= 11 is 0. The maximum absolute atomic E-state index is 11.7. The zero-order valence-electron chi connectivity index (χ0n) is 12.3. The van der Waals surface area contributed by atoms with Crippen LogP contribution in [0.4, 0.5) is 0 Å². The van der Waals surface area contributed by atoms with Gasteiger partial charge in [0.15, 0.2) is 0 Å². The molecule has 0 aromatic carbocycles. The molecule has 4 rings (SSSR count). The minimum Gasteiger partial charge on any atom is -0.480 e. The minimum atomic E-state index is -0.463. The van der Waals surface area contributed by atoms with Crippen LogP contribution in [0, 0.1) is 0 Å². The van der Waals surface area contributed by atoms with Crippen molar-refractivity contribution in [1.29, 1.82) is 0 Å². The van der Waals surface area contributed by atoms with Gasteiger partial charge in [-0.25, -0.2) is 0 Å². The Balaban J connectivity index is 2.00. The van der Waals surface area contributed by atoms with E-state index >= 15 is 0 Å². The Kier molecular flexibility index (Phi) is 2.77. The van der Waals surface area contributed by atoms with E-state index in [0.717, 1.165) is 35.4 Å². The maximum Gasteiger partial charge on any atom is 0.265 e. The first-order valence-electron chi connectivity index (χ1n) is 7.33. The highest BCUT2D eigenvalue weighted by Gasteiger charge is 2.44. The van der Waals surface area contributed by atoms with Gasteiger partial charge in [-0.2, -0.15) is 0 Å². The van der Waals surface area contributed by atoms with Crippen LogP contribution < -0.4 is 10.5 Å². The van der Waals surface area contributed by atoms with Crippen LogP contribution in [-0.4, -0.2) is 28.7 Å². The number of hydrogen-bond donors (Lipinski definition) is 1. The summed E-state index contributed by atoms with van der Waals surface area (Å²) < 4.78 is 13.7. The molecule has 0 radical (unpaired) electrons. The summed E-state index contributed by atoms with van der Waals surface area (Å²) in [5, 5.41) is 0. The fraction of sp³-hybridized carbons (Fsp3) is 0.375. The maximum atomic E-state index is 11.7. The van der Waals surface area contributed by atoms with Crippen molar-refractivity contribution in [2.75, 3.05) is 13.2 Å². The number of rotatable bonds is 1. The topological polar surface area (TPSA) is 79.4 Å². The summed E-state index contributed by atoms with van der Waals surface area (Å²) in [5.74, 6) is 0.309. The Labute approximate surface area is 127 Å². The van der Waals surface area contributed by atoms with Gasteiger partial charge in [-0.3, -0.25) is 9.78 Å². The first kappa shape index (κ1) is 13.3. The SMILES string of the molecule is Cn1c(C(N)=O)cc2c1-c1ccncc1OC21CCOCC1. The summed E-state index contributed by atoms with van der Waals surface area (Å²) in [5.41, 5.74) is 8.50. The molecule has 6 nitrogen and oxygen atoms in total. The van der Waals surface area contributed by atoms with Crippen molar-refractivity contribution < 1.29 is 14.3 Å². The molecule has 2 aromatic heterocycles. The normalized spacial score (nSPS) is 18.4. The molecule has 114 valence electrons. The number of carbonyl (C=O) groups excluding carboxylic acids is 1. The third-order valence-electron chi connectivity index (χ3n) is 4.62. The van der Waals surface area contributed by atoms with E-state index in [4.69, 9.17) is 15.2 Å². The van der Waals surface area contributed by atoms with Gasteiger partial charge in [0.05, 0.1) is 25.1 Å². The van der Waals surface area contributed by atoms with Crippen LogP contribution in [0.5, 0.6) is 5.75 Å². The summed E-state index contributed by atoms with van der Waals surface area (Å²) in [4.78, 5) is 15.9. The Hall–Kier alpha value is -2.34. The van der Waals surface area contributed by atoms with Crippen molar-refractivity contribution in [1.82, 2.24) is 9.55 Å². The molecule has 1 spiro atoms. The number of fused-ring (bicyclic) bond motifs is 4. The molecule has 1 fully saturated rings. The van der Waals surface area contributed by atoms with E-state index < -0.39 is 11.5 Å². The number of nitrogens with two attached hydrogens (primary N) is 1. The Bertz CT molecular complexity index is 760. The summed E-state index contributed by atoms with van der Waals surface area (Å²) in [6.07, 6.45) is 4.95. The lowest BCUT2D eigenvalue weighted by Gasteiger charge is -2.41. The second-order valence-electron chi connectivity index (χ2n) is 5.80. The zero-order valence-corrected chi connectivity index (χ0v) is 12.3. The molecule has 22 heavy (non-hydrogen) atoms. The van der Waals surface area contributed by atoms with E-state index in [9.17, 15) is 4.79 Å². The van der Waals surface area contributed by atoms with Crippen LogP contribution in [0.3, 0.4) is 0 Å². The standard InChI is InChI=1S/C16H17N3O3/c1-19-12(15(17)20)8-11-14(19)10-2-5-18-9-13(10)22-16(11)3-6-21-7-4-16/h2,5,8-9H,3-4,6-7H2,1H3,(H2,17,20). The number of amides is 1. The van der Waals surface area contributed by atoms with Gasteiger partial charge in [0.2, 0.25) is 0 Å². The molecule has 2 aliphatic heterocycles. The van der Waals surface area contributed by atoms with Gasteiger partial charge in [-0.15, -0.1) is 0 Å². The predicted octanol–water partition coefficient (Wildman–Crippen LogP) is 1.58. The van der Waals surface area contributed by atoms with Crippen LogP contribution in [0.25, 0.3) is 11.3 Å². The van der Waals surface area contributed by atoms with E-state index in [1.165, 1.54) is 0 Å². The third kappa shape index (κ3) is 1.70. The van der Waals surface area contributed by atoms with Crippen molar-refractivity contribution in [3.8, 4) is 17.0 Å². The molecule has 2 aliphatic rings. The lowest BCUT2D eigenvalue weighted by Crippen LogP contribution is -2.41. The number of carbonyl (C=O) groups is 1. The number of hydrogen-bond acceptors (Lipinski definition) is 4. The van der Waals surface area contributed by atoms with E-state index in [0.29, 0.717) is 18.9 Å². The van der Waals surface area contributed by atoms with Crippen LogP contribution in [0.2, 0.25) is 0 Å². The first-order chi connectivity index (χ1) is 10.6. The number of aromatic nitrogens is 2. The second-order valence-corrected chi connectivity index (χ2v) is 5.80. The van der Waals surface area contributed by atoms with E-state index in [-0.39, 0.29) is 0 Å². The highest BCUT2D eigenvalue weighted by Crippen LogP contribution is 2.49. The number of nitrogens with zero attached hydrogens (tertiary/aromatic N) is 2. The molecule has 2 N–H and O–H groups in total. The fourth-order valence-corrected chi connectivity index (χ4v) is 3.51. The Morgan fingerprint density at radius 2 is 2.18 bits per heavy atom. The van der Waals surface area contributed by atoms with E-state index in [2.05, 4.69) is 4.98 Å². The molecule has 0 bridgehead atoms. The second kappa shape index (κ2) is 4.58. The number of ether oxygens (including phenoxy) is 2. The Morgan fingerprint density at radius 3 is 2.91 bits per heavy atom. The summed E-state index contributed by atoms with van der Waals surface area (Å²) in [6, 6.07) is 3.78. The number of pyridine rings is 1. The number of primary amides is 1.